The van der Waals surface area contributed by atoms with Crippen LogP contribution in [0, 0.1) is 12.7 Å². The summed E-state index contributed by atoms with van der Waals surface area (Å²) in [7, 11) is 0. The second-order valence-electron chi connectivity index (χ2n) is 4.57. The van der Waals surface area contributed by atoms with Crippen LogP contribution in [0.4, 0.5) is 10.3 Å². The van der Waals surface area contributed by atoms with Crippen LogP contribution in [-0.2, 0) is 0 Å². The highest BCUT2D eigenvalue weighted by Gasteiger charge is 2.18. The Labute approximate surface area is 135 Å². The third-order valence-electron chi connectivity index (χ3n) is 3.03. The fourth-order valence-electron chi connectivity index (χ4n) is 1.92. The third-order valence-corrected chi connectivity index (χ3v) is 3.24. The van der Waals surface area contributed by atoms with Crippen molar-refractivity contribution in [2.75, 3.05) is 5.32 Å². The van der Waals surface area contributed by atoms with Crippen LogP contribution >= 0.6 is 11.6 Å². The zero-order chi connectivity index (χ0) is 16.4. The molecule has 116 valence electrons. The smallest absolute Gasteiger partial charge is 0.280 e. The van der Waals surface area contributed by atoms with E-state index in [-0.39, 0.29) is 22.6 Å². The number of amides is 1. The summed E-state index contributed by atoms with van der Waals surface area (Å²) < 4.78 is 14.4. The van der Waals surface area contributed by atoms with Gasteiger partial charge >= 0.3 is 0 Å². The molecular weight excluding hydrogens is 323 g/mol. The van der Waals surface area contributed by atoms with Crippen molar-refractivity contribution in [3.63, 3.8) is 0 Å². The second-order valence-corrected chi connectivity index (χ2v) is 4.96. The first-order chi connectivity index (χ1) is 11.0. The van der Waals surface area contributed by atoms with Gasteiger partial charge in [-0.15, -0.1) is 5.10 Å². The summed E-state index contributed by atoms with van der Waals surface area (Å²) in [6.07, 6.45) is 1.42. The maximum Gasteiger partial charge on any atom is 0.280 e. The van der Waals surface area contributed by atoms with Gasteiger partial charge in [-0.2, -0.15) is 0 Å². The summed E-state index contributed by atoms with van der Waals surface area (Å²) in [6.45, 7) is 1.68. The molecule has 23 heavy (non-hydrogen) atoms. The molecule has 2 heterocycles. The van der Waals surface area contributed by atoms with Crippen molar-refractivity contribution in [2.24, 2.45) is 0 Å². The van der Waals surface area contributed by atoms with Crippen LogP contribution in [0.1, 0.15) is 16.2 Å². The number of hydrogen-bond acceptors (Lipinski definition) is 5. The van der Waals surface area contributed by atoms with Gasteiger partial charge in [-0.25, -0.2) is 19.0 Å². The van der Waals surface area contributed by atoms with Crippen LogP contribution in [0.15, 0.2) is 36.5 Å². The summed E-state index contributed by atoms with van der Waals surface area (Å²) in [5, 5.41) is 10.5. The van der Waals surface area contributed by atoms with Crippen LogP contribution in [0.3, 0.4) is 0 Å². The van der Waals surface area contributed by atoms with Gasteiger partial charge in [-0.05, 0) is 37.3 Å². The highest BCUT2D eigenvalue weighted by Crippen LogP contribution is 2.14. The lowest BCUT2D eigenvalue weighted by Crippen LogP contribution is -2.16. The van der Waals surface area contributed by atoms with Crippen molar-refractivity contribution < 1.29 is 9.18 Å². The number of halogens is 2. The fourth-order valence-corrected chi connectivity index (χ4v) is 2.06. The van der Waals surface area contributed by atoms with E-state index >= 15 is 0 Å². The predicted molar refractivity (Wildman–Crippen MR) is 81.0 cm³/mol. The molecule has 1 N–H and O–H groups in total. The summed E-state index contributed by atoms with van der Waals surface area (Å²) in [5.41, 5.74) is 1.20. The molecule has 3 rings (SSSR count). The van der Waals surface area contributed by atoms with Gasteiger partial charge in [0.2, 0.25) is 5.95 Å². The Hall–Kier alpha value is -2.87. The number of rotatable bonds is 3. The van der Waals surface area contributed by atoms with Crippen LogP contribution in [0.2, 0.25) is 5.15 Å². The number of aromatic nitrogens is 5. The molecule has 0 aliphatic carbocycles. The molecule has 7 nitrogen and oxygen atoms in total. The van der Waals surface area contributed by atoms with Gasteiger partial charge in [-0.3, -0.25) is 10.1 Å². The lowest BCUT2D eigenvalue weighted by molar-refractivity contribution is 0.102. The standard InChI is InChI=1S/C14H10ClFN6O/c1-8-12(13(23)19-14-17-7-6-11(15)18-14)20-21-22(8)10-4-2-9(16)3-5-10/h2-7H,1H3,(H,17,18,19,23). The Morgan fingerprint density at radius 3 is 2.70 bits per heavy atom. The Bertz CT molecular complexity index is 864. The molecule has 1 amide bonds. The van der Waals surface area contributed by atoms with E-state index in [1.165, 1.54) is 29.1 Å². The van der Waals surface area contributed by atoms with E-state index < -0.39 is 5.91 Å². The Balaban J connectivity index is 1.86. The van der Waals surface area contributed by atoms with Gasteiger partial charge in [0.15, 0.2) is 5.69 Å². The lowest BCUT2D eigenvalue weighted by Gasteiger charge is -2.04. The molecule has 0 bridgehead atoms. The molecule has 2 aromatic heterocycles. The molecule has 0 radical (unpaired) electrons. The number of nitrogens with one attached hydrogen (secondary N) is 1. The average molecular weight is 333 g/mol. The highest BCUT2D eigenvalue weighted by atomic mass is 35.5. The summed E-state index contributed by atoms with van der Waals surface area (Å²) in [4.78, 5) is 20.0. The van der Waals surface area contributed by atoms with Gasteiger partial charge in [0.05, 0.1) is 11.4 Å². The molecule has 9 heteroatoms. The number of nitrogens with zero attached hydrogens (tertiary/aromatic N) is 5. The molecule has 1 aromatic carbocycles. The zero-order valence-electron chi connectivity index (χ0n) is 11.9. The van der Waals surface area contributed by atoms with E-state index in [4.69, 9.17) is 11.6 Å². The Kier molecular flexibility index (Phi) is 3.98. The number of carbonyl (C=O) groups excluding carboxylic acids is 1. The molecular formula is C14H10ClFN6O. The Morgan fingerprint density at radius 1 is 1.26 bits per heavy atom. The van der Waals surface area contributed by atoms with Crippen LogP contribution in [0.5, 0.6) is 0 Å². The third kappa shape index (κ3) is 3.16. The van der Waals surface area contributed by atoms with E-state index in [9.17, 15) is 9.18 Å². The maximum absolute atomic E-state index is 13.0. The molecule has 0 saturated heterocycles. The number of anilines is 1. The topological polar surface area (TPSA) is 85.6 Å². The van der Waals surface area contributed by atoms with E-state index in [0.29, 0.717) is 11.4 Å². The van der Waals surface area contributed by atoms with Crippen LogP contribution in [-0.4, -0.2) is 30.9 Å². The highest BCUT2D eigenvalue weighted by molar-refractivity contribution is 6.29. The van der Waals surface area contributed by atoms with Crippen molar-refractivity contribution in [3.05, 3.63) is 58.9 Å². The van der Waals surface area contributed by atoms with Crippen molar-refractivity contribution in [1.82, 2.24) is 25.0 Å². The molecule has 0 saturated carbocycles. The quantitative estimate of drug-likeness (QED) is 0.744. The number of benzene rings is 1. The van der Waals surface area contributed by atoms with Gasteiger partial charge in [0.1, 0.15) is 11.0 Å². The van der Waals surface area contributed by atoms with Gasteiger partial charge in [0, 0.05) is 6.20 Å². The lowest BCUT2D eigenvalue weighted by atomic mass is 10.3. The van der Waals surface area contributed by atoms with Gasteiger partial charge < -0.3 is 0 Å². The van der Waals surface area contributed by atoms with E-state index in [1.807, 2.05) is 0 Å². The second kappa shape index (κ2) is 6.09. The van der Waals surface area contributed by atoms with Crippen molar-refractivity contribution >= 4 is 23.5 Å². The first kappa shape index (κ1) is 15.0. The first-order valence-electron chi connectivity index (χ1n) is 6.53. The van der Waals surface area contributed by atoms with E-state index in [0.717, 1.165) is 0 Å². The molecule has 0 aliphatic rings. The monoisotopic (exact) mass is 332 g/mol. The molecule has 0 aliphatic heterocycles. The molecule has 0 spiro atoms. The molecule has 0 unspecified atom stereocenters. The summed E-state index contributed by atoms with van der Waals surface area (Å²) in [5.74, 6) is -0.807. The first-order valence-corrected chi connectivity index (χ1v) is 6.90. The number of carbonyl (C=O) groups is 1. The van der Waals surface area contributed by atoms with E-state index in [2.05, 4.69) is 25.6 Å². The number of hydrogen-bond donors (Lipinski definition) is 1. The normalized spacial score (nSPS) is 10.6. The SMILES string of the molecule is Cc1c(C(=O)Nc2nccc(Cl)n2)nnn1-c1ccc(F)cc1. The minimum Gasteiger partial charge on any atom is -0.289 e. The van der Waals surface area contributed by atoms with Crippen LogP contribution < -0.4 is 5.32 Å². The maximum atomic E-state index is 13.0. The fraction of sp³-hybridized carbons (Fsp3) is 0.0714. The van der Waals surface area contributed by atoms with Gasteiger partial charge in [0.25, 0.3) is 5.91 Å². The van der Waals surface area contributed by atoms with Crippen LogP contribution in [0.25, 0.3) is 5.69 Å². The van der Waals surface area contributed by atoms with Crippen molar-refractivity contribution in [1.29, 1.82) is 0 Å². The molecule has 3 aromatic rings. The molecule has 0 atom stereocenters. The zero-order valence-corrected chi connectivity index (χ0v) is 12.6. The average Bonchev–Trinajstić information content (AvgIpc) is 2.90. The minimum atomic E-state index is -0.516. The predicted octanol–water partition coefficient (Wildman–Crippen LogP) is 2.41. The van der Waals surface area contributed by atoms with Crippen molar-refractivity contribution in [2.45, 2.75) is 6.92 Å². The Morgan fingerprint density at radius 2 is 2.00 bits per heavy atom. The van der Waals surface area contributed by atoms with Gasteiger partial charge in [-0.1, -0.05) is 16.8 Å². The largest absolute Gasteiger partial charge is 0.289 e. The molecule has 0 fully saturated rings. The summed E-state index contributed by atoms with van der Waals surface area (Å²) >= 11 is 5.74. The minimum absolute atomic E-state index is 0.0678. The van der Waals surface area contributed by atoms with E-state index in [1.54, 1.807) is 19.1 Å². The summed E-state index contributed by atoms with van der Waals surface area (Å²) in [6, 6.07) is 7.18. The van der Waals surface area contributed by atoms with Crippen molar-refractivity contribution in [3.8, 4) is 5.69 Å².